The van der Waals surface area contributed by atoms with Crippen molar-refractivity contribution in [3.05, 3.63) is 0 Å². The van der Waals surface area contributed by atoms with Crippen molar-refractivity contribution in [2.45, 2.75) is 46.1 Å². The molecule has 1 heterocycles. The summed E-state index contributed by atoms with van der Waals surface area (Å²) < 4.78 is 0. The van der Waals surface area contributed by atoms with Gasteiger partial charge in [-0.25, -0.2) is 0 Å². The van der Waals surface area contributed by atoms with Gasteiger partial charge in [-0.1, -0.05) is 20.8 Å². The molecule has 0 aromatic heterocycles. The van der Waals surface area contributed by atoms with Crippen LogP contribution in [0.1, 0.15) is 40.0 Å². The molecule has 2 N–H and O–H groups in total. The van der Waals surface area contributed by atoms with Gasteiger partial charge in [0.15, 0.2) is 0 Å². The second kappa shape index (κ2) is 8.48. The molecule has 2 atom stereocenters. The maximum absolute atomic E-state index is 12.0. The maximum Gasteiger partial charge on any atom is 0.237 e. The number of nitrogens with zero attached hydrogens (tertiary/aromatic N) is 1. The average Bonchev–Trinajstić information content (AvgIpc) is 2.39. The van der Waals surface area contributed by atoms with Crippen LogP contribution in [-0.2, 0) is 4.79 Å². The van der Waals surface area contributed by atoms with Gasteiger partial charge in [0, 0.05) is 6.54 Å². The van der Waals surface area contributed by atoms with Crippen molar-refractivity contribution in [2.75, 3.05) is 32.7 Å². The molecule has 1 saturated heterocycles. The van der Waals surface area contributed by atoms with E-state index in [-0.39, 0.29) is 11.9 Å². The second-order valence-corrected chi connectivity index (χ2v) is 5.22. The predicted molar refractivity (Wildman–Crippen MR) is 75.6 cm³/mol. The van der Waals surface area contributed by atoms with Crippen LogP contribution in [0.4, 0.5) is 0 Å². The van der Waals surface area contributed by atoms with Crippen molar-refractivity contribution in [1.29, 1.82) is 0 Å². The molecule has 1 aliphatic heterocycles. The minimum atomic E-state index is 0.0206. The number of nitrogens with one attached hydrogen (secondary N) is 2. The largest absolute Gasteiger partial charge is 0.355 e. The van der Waals surface area contributed by atoms with Gasteiger partial charge in [-0.3, -0.25) is 4.79 Å². The average molecular weight is 255 g/mol. The predicted octanol–water partition coefficient (Wildman–Crippen LogP) is 1.22. The standard InChI is InChI=1S/C14H29N3O/c1-4-17(5-2)11-7-10-16-14(18)13-12(3)8-6-9-15-13/h12-13,15H,4-11H2,1-3H3,(H,16,18). The van der Waals surface area contributed by atoms with E-state index in [4.69, 9.17) is 0 Å². The van der Waals surface area contributed by atoms with Crippen LogP contribution in [0, 0.1) is 5.92 Å². The van der Waals surface area contributed by atoms with Crippen LogP contribution in [0.3, 0.4) is 0 Å². The first kappa shape index (κ1) is 15.4. The van der Waals surface area contributed by atoms with E-state index in [0.717, 1.165) is 45.6 Å². The van der Waals surface area contributed by atoms with Crippen LogP contribution >= 0.6 is 0 Å². The fraction of sp³-hybridized carbons (Fsp3) is 0.929. The summed E-state index contributed by atoms with van der Waals surface area (Å²) in [5.74, 6) is 0.642. The molecule has 1 fully saturated rings. The summed E-state index contributed by atoms with van der Waals surface area (Å²) in [7, 11) is 0. The normalized spacial score (nSPS) is 24.2. The number of carbonyl (C=O) groups is 1. The molecule has 2 unspecified atom stereocenters. The topological polar surface area (TPSA) is 44.4 Å². The van der Waals surface area contributed by atoms with Gasteiger partial charge in [0.05, 0.1) is 6.04 Å². The molecule has 0 spiro atoms. The van der Waals surface area contributed by atoms with Gasteiger partial charge >= 0.3 is 0 Å². The maximum atomic E-state index is 12.0. The van der Waals surface area contributed by atoms with E-state index >= 15 is 0 Å². The number of hydrogen-bond acceptors (Lipinski definition) is 3. The first-order chi connectivity index (χ1) is 8.69. The van der Waals surface area contributed by atoms with Crippen molar-refractivity contribution in [2.24, 2.45) is 5.92 Å². The fourth-order valence-corrected chi connectivity index (χ4v) is 2.56. The molecule has 0 aliphatic carbocycles. The Labute approximate surface area is 111 Å². The van der Waals surface area contributed by atoms with E-state index in [9.17, 15) is 4.79 Å². The van der Waals surface area contributed by atoms with Crippen molar-refractivity contribution in [1.82, 2.24) is 15.5 Å². The molecule has 1 rings (SSSR count). The van der Waals surface area contributed by atoms with E-state index < -0.39 is 0 Å². The molecule has 1 aliphatic rings. The minimum absolute atomic E-state index is 0.0206. The number of carbonyl (C=O) groups excluding carboxylic acids is 1. The summed E-state index contributed by atoms with van der Waals surface area (Å²) in [4.78, 5) is 14.4. The van der Waals surface area contributed by atoms with Gasteiger partial charge in [0.1, 0.15) is 0 Å². The van der Waals surface area contributed by atoms with Crippen molar-refractivity contribution in [3.63, 3.8) is 0 Å². The number of rotatable bonds is 7. The number of hydrogen-bond donors (Lipinski definition) is 2. The molecule has 0 bridgehead atoms. The molecule has 4 heteroatoms. The minimum Gasteiger partial charge on any atom is -0.355 e. The van der Waals surface area contributed by atoms with Gasteiger partial charge in [0.25, 0.3) is 0 Å². The monoisotopic (exact) mass is 255 g/mol. The first-order valence-electron chi connectivity index (χ1n) is 7.42. The zero-order valence-corrected chi connectivity index (χ0v) is 12.2. The fourth-order valence-electron chi connectivity index (χ4n) is 2.56. The molecule has 1 amide bonds. The lowest BCUT2D eigenvalue weighted by Crippen LogP contribution is -2.51. The van der Waals surface area contributed by atoms with Crippen molar-refractivity contribution in [3.8, 4) is 0 Å². The van der Waals surface area contributed by atoms with E-state index in [1.54, 1.807) is 0 Å². The Morgan fingerprint density at radius 2 is 2.11 bits per heavy atom. The number of piperidine rings is 1. The second-order valence-electron chi connectivity index (χ2n) is 5.22. The highest BCUT2D eigenvalue weighted by molar-refractivity contribution is 5.82. The third kappa shape index (κ3) is 4.94. The molecule has 106 valence electrons. The summed E-state index contributed by atoms with van der Waals surface area (Å²) >= 11 is 0. The third-order valence-electron chi connectivity index (χ3n) is 3.90. The van der Waals surface area contributed by atoms with Gasteiger partial charge < -0.3 is 15.5 Å². The Kier molecular flexibility index (Phi) is 7.28. The Balaban J connectivity index is 2.16. The molecule has 0 radical (unpaired) electrons. The quantitative estimate of drug-likeness (QED) is 0.672. The Morgan fingerprint density at radius 3 is 2.72 bits per heavy atom. The summed E-state index contributed by atoms with van der Waals surface area (Å²) in [6, 6.07) is 0.0206. The lowest BCUT2D eigenvalue weighted by Gasteiger charge is -2.29. The Morgan fingerprint density at radius 1 is 1.39 bits per heavy atom. The van der Waals surface area contributed by atoms with Crippen LogP contribution in [0.25, 0.3) is 0 Å². The van der Waals surface area contributed by atoms with Crippen LogP contribution in [0.2, 0.25) is 0 Å². The van der Waals surface area contributed by atoms with Gasteiger partial charge in [-0.15, -0.1) is 0 Å². The zero-order chi connectivity index (χ0) is 13.4. The SMILES string of the molecule is CCN(CC)CCCNC(=O)C1NCCCC1C. The van der Waals surface area contributed by atoms with Crippen LogP contribution in [0.15, 0.2) is 0 Å². The van der Waals surface area contributed by atoms with Crippen molar-refractivity contribution < 1.29 is 4.79 Å². The van der Waals surface area contributed by atoms with Crippen molar-refractivity contribution >= 4 is 5.91 Å². The summed E-state index contributed by atoms with van der Waals surface area (Å²) in [5.41, 5.74) is 0. The highest BCUT2D eigenvalue weighted by Crippen LogP contribution is 2.15. The third-order valence-corrected chi connectivity index (χ3v) is 3.90. The van der Waals surface area contributed by atoms with E-state index in [1.807, 2.05) is 0 Å². The highest BCUT2D eigenvalue weighted by Gasteiger charge is 2.26. The molecule has 0 saturated carbocycles. The summed E-state index contributed by atoms with van der Waals surface area (Å²) in [6.07, 6.45) is 3.38. The van der Waals surface area contributed by atoms with Gasteiger partial charge in [0.2, 0.25) is 5.91 Å². The van der Waals surface area contributed by atoms with E-state index in [2.05, 4.69) is 36.3 Å². The lowest BCUT2D eigenvalue weighted by molar-refractivity contribution is -0.124. The molecule has 4 nitrogen and oxygen atoms in total. The highest BCUT2D eigenvalue weighted by atomic mass is 16.2. The Bertz CT molecular complexity index is 241. The molecule has 18 heavy (non-hydrogen) atoms. The van der Waals surface area contributed by atoms with Crippen LogP contribution in [0.5, 0.6) is 0 Å². The smallest absolute Gasteiger partial charge is 0.237 e. The molecule has 0 aromatic carbocycles. The van der Waals surface area contributed by atoms with Crippen LogP contribution < -0.4 is 10.6 Å². The van der Waals surface area contributed by atoms with E-state index in [0.29, 0.717) is 5.92 Å². The molecular weight excluding hydrogens is 226 g/mol. The summed E-state index contributed by atoms with van der Waals surface area (Å²) in [6.45, 7) is 11.5. The molecule has 0 aromatic rings. The molecular formula is C14H29N3O. The Hall–Kier alpha value is -0.610. The first-order valence-corrected chi connectivity index (χ1v) is 7.42. The number of amides is 1. The summed E-state index contributed by atoms with van der Waals surface area (Å²) in [5, 5.41) is 6.38. The zero-order valence-electron chi connectivity index (χ0n) is 12.2. The van der Waals surface area contributed by atoms with Gasteiger partial charge in [-0.2, -0.15) is 0 Å². The lowest BCUT2D eigenvalue weighted by atomic mass is 9.92. The van der Waals surface area contributed by atoms with Crippen LogP contribution in [-0.4, -0.2) is 49.6 Å². The van der Waals surface area contributed by atoms with E-state index in [1.165, 1.54) is 6.42 Å². The van der Waals surface area contributed by atoms with Gasteiger partial charge in [-0.05, 0) is 51.4 Å².